The Morgan fingerprint density at radius 3 is 2.43 bits per heavy atom. The van der Waals surface area contributed by atoms with E-state index in [0.717, 1.165) is 39.1 Å². The molecule has 16 heteroatoms. The number of carbonyl (C=O) groups is 4. The second-order valence-corrected chi connectivity index (χ2v) is 20.4. The number of urea groups is 1. The number of aromatic nitrogens is 2. The third kappa shape index (κ3) is 6.75. The Balaban J connectivity index is 1.18. The fraction of sp³-hybridized carbons (Fsp3) is 0.528. The van der Waals surface area contributed by atoms with Crippen LogP contribution in [0.15, 0.2) is 72.9 Å². The Kier molecular flexibility index (Phi) is 11.6. The van der Waals surface area contributed by atoms with E-state index in [-0.39, 0.29) is 24.5 Å². The van der Waals surface area contributed by atoms with E-state index in [0.29, 0.717) is 82.6 Å². The van der Waals surface area contributed by atoms with Crippen molar-refractivity contribution in [2.75, 3.05) is 66.0 Å². The molecule has 4 aromatic rings. The Morgan fingerprint density at radius 2 is 1.72 bits per heavy atom. The van der Waals surface area contributed by atoms with Crippen molar-refractivity contribution in [3.8, 4) is 5.75 Å². The first-order valence-electron chi connectivity index (χ1n) is 24.4. The van der Waals surface area contributed by atoms with Crippen LogP contribution >= 0.6 is 0 Å². The molecule has 2 aromatic carbocycles. The van der Waals surface area contributed by atoms with Gasteiger partial charge >= 0.3 is 23.9 Å². The van der Waals surface area contributed by atoms with Crippen LogP contribution in [0.5, 0.6) is 5.75 Å². The molecule has 2 aromatic heterocycles. The van der Waals surface area contributed by atoms with Crippen molar-refractivity contribution in [2.24, 2.45) is 11.3 Å². The first kappa shape index (κ1) is 46.7. The molecule has 5 aliphatic heterocycles. The summed E-state index contributed by atoms with van der Waals surface area (Å²) in [4.78, 5) is 72.2. The number of carbonyl (C=O) groups excluding carboxylic acids is 4. The average molecular weight is 944 g/mol. The van der Waals surface area contributed by atoms with Gasteiger partial charge < -0.3 is 49.5 Å². The molecule has 366 valence electrons. The number of benzene rings is 2. The number of hydrogen-bond acceptors (Lipinski definition) is 13. The summed E-state index contributed by atoms with van der Waals surface area (Å²) in [6.07, 6.45) is 7.64. The highest BCUT2D eigenvalue weighted by Gasteiger charge is 2.80. The Hall–Kier alpha value is -5.97. The number of nitrogens with zero attached hydrogens (tertiary/aromatic N) is 4. The average Bonchev–Trinajstić information content (AvgIpc) is 4.02. The monoisotopic (exact) mass is 943 g/mol. The quantitative estimate of drug-likeness (QED) is 0.0958. The number of fused-ring (bicyclic) bond motifs is 6. The zero-order valence-corrected chi connectivity index (χ0v) is 40.7. The first-order valence-corrected chi connectivity index (χ1v) is 24.4. The minimum absolute atomic E-state index is 0.139. The Morgan fingerprint density at radius 1 is 0.942 bits per heavy atom. The number of pyridine rings is 1. The van der Waals surface area contributed by atoms with Crippen molar-refractivity contribution in [3.63, 3.8) is 0 Å². The zero-order chi connectivity index (χ0) is 48.7. The van der Waals surface area contributed by atoms with Gasteiger partial charge in [-0.05, 0) is 86.4 Å². The second-order valence-electron chi connectivity index (χ2n) is 20.4. The standard InChI is InChI=1S/C53H65N7O9/c1-8-49(57-48(64)55-29-34-15-12-13-21-54-34)27-33-28-52(46(62)67-6,42-36(18-23-59(30-33)31-49)35-16-10-11-17-39(35)56-42)38-25-37-40(26-41(38)66-5)58(4)44-51(37)20-24-60-22-14-19-50(9-2,43(51)60)45(69-32(3)61)53(44,65)47(63)68-7/h10-17,19,21,25-26,33,43-45,56,65H,8-9,18,20,22-24,27-31H2,1-7H3,(H2,55,57,64)/t33-,43+,44-,45-,49+,50-,51-,52+,53+/m1/s1. The molecule has 69 heavy (non-hydrogen) atoms. The predicted octanol–water partition coefficient (Wildman–Crippen LogP) is 4.89. The fourth-order valence-corrected chi connectivity index (χ4v) is 14.7. The zero-order valence-electron chi connectivity index (χ0n) is 40.7. The van der Waals surface area contributed by atoms with Crippen LogP contribution in [0.25, 0.3) is 10.9 Å². The maximum absolute atomic E-state index is 15.7. The third-order valence-corrected chi connectivity index (χ3v) is 17.2. The minimum Gasteiger partial charge on any atom is -0.496 e. The molecular formula is C53H65N7O9. The fourth-order valence-electron chi connectivity index (χ4n) is 14.7. The summed E-state index contributed by atoms with van der Waals surface area (Å²) in [5.41, 5.74) is -0.872. The van der Waals surface area contributed by atoms with Crippen LogP contribution < -0.4 is 20.3 Å². The van der Waals surface area contributed by atoms with Crippen LogP contribution in [-0.4, -0.2) is 139 Å². The molecule has 2 bridgehead atoms. The van der Waals surface area contributed by atoms with E-state index in [2.05, 4.69) is 55.5 Å². The smallest absolute Gasteiger partial charge is 0.344 e. The normalized spacial score (nSPS) is 33.1. The highest BCUT2D eigenvalue weighted by molar-refractivity contribution is 5.95. The Bertz CT molecular complexity index is 2730. The molecule has 1 saturated carbocycles. The molecule has 6 aliphatic rings. The summed E-state index contributed by atoms with van der Waals surface area (Å²) in [5.74, 6) is -1.67. The van der Waals surface area contributed by atoms with Crippen molar-refractivity contribution in [2.45, 2.75) is 106 Å². The van der Waals surface area contributed by atoms with Gasteiger partial charge in [0.25, 0.3) is 0 Å². The molecule has 0 radical (unpaired) electrons. The van der Waals surface area contributed by atoms with E-state index in [1.54, 1.807) is 13.3 Å². The lowest BCUT2D eigenvalue weighted by atomic mass is 9.47. The highest BCUT2D eigenvalue weighted by atomic mass is 16.6. The van der Waals surface area contributed by atoms with Gasteiger partial charge in [0, 0.05) is 97.1 Å². The SMILES string of the molecule is CC[C@]1(NC(=O)NCc2ccccn2)C[C@H]2CN(CCc3c([nH]c4ccccc34)[C@@](C(=O)OC)(c3cc4c(cc3OC)N(C)[C@H]3[C@@](O)(C(=O)OC)[C@H](OC(C)=O)[C@]5(CC)C=CCN6CC[C@]43[C@@H]65)C2)C1. The lowest BCUT2D eigenvalue weighted by Crippen LogP contribution is -2.81. The molecule has 3 fully saturated rings. The second kappa shape index (κ2) is 17.2. The number of esters is 3. The van der Waals surface area contributed by atoms with Crippen LogP contribution in [0, 0.1) is 11.3 Å². The van der Waals surface area contributed by atoms with Crippen LogP contribution in [-0.2, 0) is 52.4 Å². The molecule has 10 atom stereocenters. The molecule has 2 saturated heterocycles. The number of aromatic amines is 1. The molecule has 1 aliphatic carbocycles. The van der Waals surface area contributed by atoms with Crippen LogP contribution in [0.4, 0.5) is 10.5 Å². The maximum atomic E-state index is 15.7. The number of rotatable bonds is 10. The van der Waals surface area contributed by atoms with Crippen LogP contribution in [0.1, 0.15) is 81.0 Å². The van der Waals surface area contributed by atoms with Gasteiger partial charge in [-0.25, -0.2) is 9.59 Å². The van der Waals surface area contributed by atoms with E-state index in [4.69, 9.17) is 18.9 Å². The number of hydrogen-bond donors (Lipinski definition) is 4. The molecule has 1 unspecified atom stereocenters. The number of ether oxygens (including phenoxy) is 4. The molecule has 7 heterocycles. The van der Waals surface area contributed by atoms with Crippen LogP contribution in [0.3, 0.4) is 0 Å². The summed E-state index contributed by atoms with van der Waals surface area (Å²) < 4.78 is 24.2. The number of piperidine rings is 1. The number of para-hydroxylation sites is 1. The lowest BCUT2D eigenvalue weighted by molar-refractivity contribution is -0.228. The lowest BCUT2D eigenvalue weighted by Gasteiger charge is -2.63. The maximum Gasteiger partial charge on any atom is 0.344 e. The predicted molar refractivity (Wildman–Crippen MR) is 258 cm³/mol. The van der Waals surface area contributed by atoms with Gasteiger partial charge in [0.15, 0.2) is 6.10 Å². The number of aliphatic hydroxyl groups is 1. The van der Waals surface area contributed by atoms with Gasteiger partial charge in [-0.3, -0.25) is 19.5 Å². The van der Waals surface area contributed by atoms with Crippen molar-refractivity contribution in [3.05, 3.63) is 101 Å². The van der Waals surface area contributed by atoms with E-state index in [1.807, 2.05) is 67.4 Å². The van der Waals surface area contributed by atoms with Crippen molar-refractivity contribution < 1.29 is 43.2 Å². The number of anilines is 1. The van der Waals surface area contributed by atoms with Crippen molar-refractivity contribution in [1.82, 2.24) is 30.4 Å². The van der Waals surface area contributed by atoms with Gasteiger partial charge in [-0.15, -0.1) is 0 Å². The summed E-state index contributed by atoms with van der Waals surface area (Å²) in [7, 11) is 6.15. The molecule has 1 spiro atoms. The minimum atomic E-state index is -2.33. The molecule has 4 N–H and O–H groups in total. The van der Waals surface area contributed by atoms with Gasteiger partial charge in [0.1, 0.15) is 11.2 Å². The molecule has 10 rings (SSSR count). The van der Waals surface area contributed by atoms with Crippen molar-refractivity contribution in [1.29, 1.82) is 0 Å². The highest BCUT2D eigenvalue weighted by Crippen LogP contribution is 2.68. The van der Waals surface area contributed by atoms with E-state index in [9.17, 15) is 19.5 Å². The van der Waals surface area contributed by atoms with E-state index >= 15 is 4.79 Å². The van der Waals surface area contributed by atoms with E-state index < -0.39 is 57.4 Å². The number of likely N-dealkylation sites (N-methyl/N-ethyl adjacent to an activating group) is 1. The van der Waals surface area contributed by atoms with Gasteiger partial charge in [-0.1, -0.05) is 50.3 Å². The number of nitrogens with one attached hydrogen (secondary N) is 3. The summed E-state index contributed by atoms with van der Waals surface area (Å²) in [5, 5.41) is 20.9. The number of H-pyrrole nitrogens is 1. The summed E-state index contributed by atoms with van der Waals surface area (Å²) >= 11 is 0. The topological polar surface area (TPSA) is 188 Å². The van der Waals surface area contributed by atoms with E-state index in [1.165, 1.54) is 21.1 Å². The van der Waals surface area contributed by atoms with Crippen LogP contribution in [0.2, 0.25) is 0 Å². The van der Waals surface area contributed by atoms with Gasteiger partial charge in [0.05, 0.1) is 45.1 Å². The first-order chi connectivity index (χ1) is 33.2. The number of methoxy groups -OCH3 is 3. The summed E-state index contributed by atoms with van der Waals surface area (Å²) in [6.45, 7) is 8.94. The summed E-state index contributed by atoms with van der Waals surface area (Å²) in [6, 6.07) is 16.2. The largest absolute Gasteiger partial charge is 0.496 e. The molecule has 16 nitrogen and oxygen atoms in total. The van der Waals surface area contributed by atoms with Crippen molar-refractivity contribution >= 4 is 40.5 Å². The molecule has 2 amide bonds. The number of amides is 2. The van der Waals surface area contributed by atoms with Gasteiger partial charge in [0.2, 0.25) is 5.60 Å². The molecular weight excluding hydrogens is 879 g/mol. The Labute approximate surface area is 403 Å². The third-order valence-electron chi connectivity index (χ3n) is 17.2. The van der Waals surface area contributed by atoms with Gasteiger partial charge in [-0.2, -0.15) is 0 Å².